The quantitative estimate of drug-likeness (QED) is 0.506. The first-order chi connectivity index (χ1) is 7.91. The molecule has 0 fully saturated rings. The highest BCUT2D eigenvalue weighted by atomic mass is 79.9. The number of allylic oxidation sites excluding steroid dienone is 1. The van der Waals surface area contributed by atoms with Gasteiger partial charge in [-0.1, -0.05) is 17.8 Å². The molecule has 2 nitrogen and oxygen atoms in total. The molecule has 0 aliphatic carbocycles. The van der Waals surface area contributed by atoms with Gasteiger partial charge in [0.2, 0.25) is 0 Å². The summed E-state index contributed by atoms with van der Waals surface area (Å²) >= 11 is 4.16. The van der Waals surface area contributed by atoms with Crippen LogP contribution in [0, 0.1) is 17.0 Å². The van der Waals surface area contributed by atoms with Gasteiger partial charge in [0, 0.05) is 17.4 Å². The predicted molar refractivity (Wildman–Crippen MR) is 72.1 cm³/mol. The minimum atomic E-state index is -0.628. The van der Waals surface area contributed by atoms with Crippen molar-refractivity contribution in [3.63, 3.8) is 0 Å². The van der Waals surface area contributed by atoms with Gasteiger partial charge in [0.25, 0.3) is 0 Å². The van der Waals surface area contributed by atoms with Gasteiger partial charge in [-0.15, -0.1) is 0 Å². The SMILES string of the molecule is C/C(=C\CSC(=N)N)c1cc(Br)c(F)cc1F. The lowest BCUT2D eigenvalue weighted by molar-refractivity contribution is 0.576. The predicted octanol–water partition coefficient (Wildman–Crippen LogP) is 3.76. The standard InChI is InChI=1S/C11H11BrF2N2S/c1-6(2-3-17-11(15)16)7-4-8(12)10(14)5-9(7)13/h2,4-5H,3H2,1H3,(H3,15,16)/b6-2+. The van der Waals surface area contributed by atoms with Crippen LogP contribution in [0.5, 0.6) is 0 Å². The molecule has 0 saturated carbocycles. The Morgan fingerprint density at radius 3 is 2.71 bits per heavy atom. The van der Waals surface area contributed by atoms with Crippen molar-refractivity contribution in [2.75, 3.05) is 5.75 Å². The molecule has 0 heterocycles. The van der Waals surface area contributed by atoms with E-state index in [2.05, 4.69) is 15.9 Å². The zero-order valence-corrected chi connectivity index (χ0v) is 11.5. The average molecular weight is 321 g/mol. The van der Waals surface area contributed by atoms with Crippen LogP contribution in [0.15, 0.2) is 22.7 Å². The molecular formula is C11H11BrF2N2S. The fourth-order valence-electron chi connectivity index (χ4n) is 1.19. The lowest BCUT2D eigenvalue weighted by Crippen LogP contribution is -2.03. The number of halogens is 3. The molecule has 0 radical (unpaired) electrons. The van der Waals surface area contributed by atoms with Crippen LogP contribution in [0.25, 0.3) is 5.57 Å². The van der Waals surface area contributed by atoms with E-state index < -0.39 is 11.6 Å². The molecule has 0 amide bonds. The Labute approximate surface area is 111 Å². The molecule has 0 spiro atoms. The minimum absolute atomic E-state index is 0.00908. The third-order valence-electron chi connectivity index (χ3n) is 2.06. The Bertz CT molecular complexity index is 475. The van der Waals surface area contributed by atoms with Gasteiger partial charge in [0.05, 0.1) is 4.47 Å². The maximum absolute atomic E-state index is 13.5. The van der Waals surface area contributed by atoms with E-state index in [0.717, 1.165) is 17.8 Å². The van der Waals surface area contributed by atoms with Crippen LogP contribution in [-0.2, 0) is 0 Å². The van der Waals surface area contributed by atoms with E-state index >= 15 is 0 Å². The second-order valence-electron chi connectivity index (χ2n) is 3.31. The van der Waals surface area contributed by atoms with E-state index in [-0.39, 0.29) is 9.64 Å². The first kappa shape index (κ1) is 14.2. The molecule has 0 bridgehead atoms. The van der Waals surface area contributed by atoms with Gasteiger partial charge in [-0.05, 0) is 34.5 Å². The second-order valence-corrected chi connectivity index (χ2v) is 5.22. The number of nitrogens with two attached hydrogens (primary N) is 1. The number of amidine groups is 1. The normalized spacial score (nSPS) is 11.6. The van der Waals surface area contributed by atoms with Crippen LogP contribution >= 0.6 is 27.7 Å². The summed E-state index contributed by atoms with van der Waals surface area (Å²) in [7, 11) is 0. The molecule has 92 valence electrons. The highest BCUT2D eigenvalue weighted by Crippen LogP contribution is 2.25. The fourth-order valence-corrected chi connectivity index (χ4v) is 2.05. The van der Waals surface area contributed by atoms with Gasteiger partial charge in [-0.2, -0.15) is 0 Å². The summed E-state index contributed by atoms with van der Waals surface area (Å²) in [6.45, 7) is 1.73. The second kappa shape index (κ2) is 6.16. The Kier molecular flexibility index (Phi) is 5.14. The van der Waals surface area contributed by atoms with Crippen molar-refractivity contribution >= 4 is 38.4 Å². The third-order valence-corrected chi connectivity index (χ3v) is 3.32. The number of rotatable bonds is 3. The molecule has 1 aromatic rings. The molecule has 0 unspecified atom stereocenters. The van der Waals surface area contributed by atoms with Gasteiger partial charge < -0.3 is 5.73 Å². The Hall–Kier alpha value is -0.880. The van der Waals surface area contributed by atoms with E-state index in [9.17, 15) is 8.78 Å². The highest BCUT2D eigenvalue weighted by Gasteiger charge is 2.09. The molecule has 0 aliphatic rings. The van der Waals surface area contributed by atoms with Crippen molar-refractivity contribution < 1.29 is 8.78 Å². The molecule has 1 aromatic carbocycles. The first-order valence-electron chi connectivity index (χ1n) is 4.70. The van der Waals surface area contributed by atoms with Crippen LogP contribution in [-0.4, -0.2) is 10.9 Å². The van der Waals surface area contributed by atoms with Crippen molar-refractivity contribution in [3.8, 4) is 0 Å². The lowest BCUT2D eigenvalue weighted by Gasteiger charge is -2.05. The van der Waals surface area contributed by atoms with Crippen molar-refractivity contribution in [3.05, 3.63) is 39.9 Å². The summed E-state index contributed by atoms with van der Waals surface area (Å²) in [5.74, 6) is -0.750. The van der Waals surface area contributed by atoms with Gasteiger partial charge in [-0.3, -0.25) is 5.41 Å². The van der Waals surface area contributed by atoms with Gasteiger partial charge >= 0.3 is 0 Å². The van der Waals surface area contributed by atoms with Crippen LogP contribution in [0.1, 0.15) is 12.5 Å². The zero-order valence-electron chi connectivity index (χ0n) is 9.06. The van der Waals surface area contributed by atoms with Crippen LogP contribution in [0.2, 0.25) is 0 Å². The van der Waals surface area contributed by atoms with Gasteiger partial charge in [0.15, 0.2) is 5.17 Å². The molecule has 17 heavy (non-hydrogen) atoms. The molecule has 0 aliphatic heterocycles. The zero-order chi connectivity index (χ0) is 13.0. The molecule has 3 N–H and O–H groups in total. The third kappa shape index (κ3) is 4.12. The Morgan fingerprint density at radius 1 is 1.47 bits per heavy atom. The molecule has 0 atom stereocenters. The van der Waals surface area contributed by atoms with Crippen molar-refractivity contribution in [1.82, 2.24) is 0 Å². The summed E-state index contributed by atoms with van der Waals surface area (Å²) in [5, 5.41) is 7.04. The number of benzene rings is 1. The van der Waals surface area contributed by atoms with Crippen LogP contribution in [0.3, 0.4) is 0 Å². The maximum Gasteiger partial charge on any atom is 0.151 e. The van der Waals surface area contributed by atoms with E-state index in [1.807, 2.05) is 0 Å². The summed E-state index contributed by atoms with van der Waals surface area (Å²) < 4.78 is 26.7. The molecule has 1 rings (SSSR count). The topological polar surface area (TPSA) is 49.9 Å². The number of thioether (sulfide) groups is 1. The largest absolute Gasteiger partial charge is 0.379 e. The Morgan fingerprint density at radius 2 is 2.12 bits per heavy atom. The molecule has 0 aromatic heterocycles. The minimum Gasteiger partial charge on any atom is -0.379 e. The summed E-state index contributed by atoms with van der Waals surface area (Å²) in [4.78, 5) is 0. The highest BCUT2D eigenvalue weighted by molar-refractivity contribution is 9.10. The molecular weight excluding hydrogens is 310 g/mol. The summed E-state index contributed by atoms with van der Waals surface area (Å²) in [6, 6.07) is 2.24. The molecule has 6 heteroatoms. The van der Waals surface area contributed by atoms with Crippen LogP contribution < -0.4 is 5.73 Å². The fraction of sp³-hybridized carbons (Fsp3) is 0.182. The van der Waals surface area contributed by atoms with E-state index in [1.165, 1.54) is 6.07 Å². The molecule has 0 saturated heterocycles. The number of nitrogens with one attached hydrogen (secondary N) is 1. The van der Waals surface area contributed by atoms with E-state index in [1.54, 1.807) is 13.0 Å². The van der Waals surface area contributed by atoms with Crippen molar-refractivity contribution in [2.45, 2.75) is 6.92 Å². The number of hydrogen-bond donors (Lipinski definition) is 2. The van der Waals surface area contributed by atoms with E-state index in [4.69, 9.17) is 11.1 Å². The van der Waals surface area contributed by atoms with Crippen LogP contribution in [0.4, 0.5) is 8.78 Å². The maximum atomic E-state index is 13.5. The van der Waals surface area contributed by atoms with Crippen molar-refractivity contribution in [1.29, 1.82) is 5.41 Å². The summed E-state index contributed by atoms with van der Waals surface area (Å²) in [5.41, 5.74) is 6.19. The average Bonchev–Trinajstić information content (AvgIpc) is 2.22. The summed E-state index contributed by atoms with van der Waals surface area (Å²) in [6.07, 6.45) is 1.74. The van der Waals surface area contributed by atoms with Crippen molar-refractivity contribution in [2.24, 2.45) is 5.73 Å². The number of hydrogen-bond acceptors (Lipinski definition) is 2. The first-order valence-corrected chi connectivity index (χ1v) is 6.48. The lowest BCUT2D eigenvalue weighted by atomic mass is 10.1. The Balaban J connectivity index is 2.92. The smallest absolute Gasteiger partial charge is 0.151 e. The van der Waals surface area contributed by atoms with Gasteiger partial charge in [-0.25, -0.2) is 8.78 Å². The van der Waals surface area contributed by atoms with Gasteiger partial charge in [0.1, 0.15) is 11.6 Å². The monoisotopic (exact) mass is 320 g/mol. The van der Waals surface area contributed by atoms with E-state index in [0.29, 0.717) is 16.9 Å².